The number of carbonyl (C=O) groups excluding carboxylic acids is 2. The number of amides is 3. The van der Waals surface area contributed by atoms with Gasteiger partial charge in [0.05, 0.1) is 5.69 Å². The van der Waals surface area contributed by atoms with E-state index >= 15 is 0 Å². The summed E-state index contributed by atoms with van der Waals surface area (Å²) in [6.45, 7) is 0.129. The Hall–Kier alpha value is -2.54. The van der Waals surface area contributed by atoms with Gasteiger partial charge < -0.3 is 14.8 Å². The highest BCUT2D eigenvalue weighted by Gasteiger charge is 2.20. The fraction of sp³-hybridized carbons (Fsp3) is 0.0667. The molecule has 0 bridgehead atoms. The van der Waals surface area contributed by atoms with Crippen LogP contribution < -0.4 is 19.7 Å². The minimum absolute atomic E-state index is 0.129. The Kier molecular flexibility index (Phi) is 3.97. The number of rotatable bonds is 3. The van der Waals surface area contributed by atoms with E-state index in [2.05, 4.69) is 21.2 Å². The Morgan fingerprint density at radius 1 is 1.18 bits per heavy atom. The number of ether oxygens (including phenoxy) is 2. The number of nitrogens with one attached hydrogen (secondary N) is 1. The molecule has 0 radical (unpaired) electrons. The van der Waals surface area contributed by atoms with Crippen molar-refractivity contribution in [3.63, 3.8) is 0 Å². The second kappa shape index (κ2) is 6.07. The van der Waals surface area contributed by atoms with Crippen molar-refractivity contribution in [2.75, 3.05) is 17.0 Å². The summed E-state index contributed by atoms with van der Waals surface area (Å²) in [6, 6.07) is 11.4. The van der Waals surface area contributed by atoms with E-state index in [1.807, 2.05) is 6.07 Å². The van der Waals surface area contributed by atoms with Crippen molar-refractivity contribution in [1.29, 1.82) is 0 Å². The summed E-state index contributed by atoms with van der Waals surface area (Å²) in [6.07, 6.45) is 0.449. The van der Waals surface area contributed by atoms with Gasteiger partial charge in [0.1, 0.15) is 0 Å². The van der Waals surface area contributed by atoms with E-state index in [4.69, 9.17) is 9.47 Å². The van der Waals surface area contributed by atoms with E-state index in [0.717, 1.165) is 9.37 Å². The molecule has 1 heterocycles. The smallest absolute Gasteiger partial charge is 0.332 e. The summed E-state index contributed by atoms with van der Waals surface area (Å²) < 4.78 is 11.3. The molecule has 0 unspecified atom stereocenters. The third-order valence-electron chi connectivity index (χ3n) is 3.03. The van der Waals surface area contributed by atoms with E-state index in [0.29, 0.717) is 29.3 Å². The number of benzene rings is 2. The molecule has 2 aromatic carbocycles. The second-order valence-corrected chi connectivity index (χ2v) is 5.37. The van der Waals surface area contributed by atoms with Gasteiger partial charge in [-0.2, -0.15) is 0 Å². The number of urea groups is 1. The highest BCUT2D eigenvalue weighted by Crippen LogP contribution is 2.35. The Morgan fingerprint density at radius 2 is 2.00 bits per heavy atom. The summed E-state index contributed by atoms with van der Waals surface area (Å²) in [4.78, 5) is 24.5. The van der Waals surface area contributed by atoms with Gasteiger partial charge in [0.2, 0.25) is 13.2 Å². The number of halogens is 1. The highest BCUT2D eigenvalue weighted by atomic mass is 79.9. The number of hydrogen-bond donors (Lipinski definition) is 1. The van der Waals surface area contributed by atoms with Crippen LogP contribution in [0.25, 0.3) is 0 Å². The van der Waals surface area contributed by atoms with Crippen molar-refractivity contribution >= 4 is 39.7 Å². The van der Waals surface area contributed by atoms with Crippen LogP contribution in [0.4, 0.5) is 16.2 Å². The Labute approximate surface area is 134 Å². The van der Waals surface area contributed by atoms with Gasteiger partial charge >= 0.3 is 6.03 Å². The summed E-state index contributed by atoms with van der Waals surface area (Å²) in [5.74, 6) is 1.08. The van der Waals surface area contributed by atoms with Crippen molar-refractivity contribution in [3.8, 4) is 11.5 Å². The van der Waals surface area contributed by atoms with Gasteiger partial charge in [0.25, 0.3) is 0 Å². The van der Waals surface area contributed by atoms with Crippen molar-refractivity contribution < 1.29 is 19.1 Å². The van der Waals surface area contributed by atoms with Crippen LogP contribution in [0.5, 0.6) is 11.5 Å². The Morgan fingerprint density at radius 3 is 2.77 bits per heavy atom. The third-order valence-corrected chi connectivity index (χ3v) is 3.53. The monoisotopic (exact) mass is 362 g/mol. The molecule has 112 valence electrons. The maximum atomic E-state index is 12.3. The predicted molar refractivity (Wildman–Crippen MR) is 84.3 cm³/mol. The maximum Gasteiger partial charge on any atom is 0.332 e. The van der Waals surface area contributed by atoms with E-state index in [9.17, 15) is 9.59 Å². The number of imide groups is 1. The predicted octanol–water partition coefficient (Wildman–Crippen LogP) is 3.37. The van der Waals surface area contributed by atoms with Crippen molar-refractivity contribution in [2.45, 2.75) is 0 Å². The summed E-state index contributed by atoms with van der Waals surface area (Å²) >= 11 is 3.32. The van der Waals surface area contributed by atoms with E-state index in [1.54, 1.807) is 36.4 Å². The third kappa shape index (κ3) is 2.89. The summed E-state index contributed by atoms with van der Waals surface area (Å²) in [5, 5.41) is 2.65. The molecule has 3 amide bonds. The average molecular weight is 363 g/mol. The topological polar surface area (TPSA) is 67.9 Å². The van der Waals surface area contributed by atoms with Crippen LogP contribution in [0.3, 0.4) is 0 Å². The van der Waals surface area contributed by atoms with Crippen LogP contribution in [0, 0.1) is 0 Å². The lowest BCUT2D eigenvalue weighted by Crippen LogP contribution is -2.33. The number of nitrogens with zero attached hydrogens (tertiary/aromatic N) is 1. The van der Waals surface area contributed by atoms with Gasteiger partial charge in [-0.3, -0.25) is 4.79 Å². The molecular weight excluding hydrogens is 352 g/mol. The van der Waals surface area contributed by atoms with E-state index < -0.39 is 6.03 Å². The quantitative estimate of drug-likeness (QED) is 0.849. The molecule has 0 saturated heterocycles. The lowest BCUT2D eigenvalue weighted by Gasteiger charge is -2.17. The first-order valence-electron chi connectivity index (χ1n) is 6.38. The van der Waals surface area contributed by atoms with Crippen LogP contribution in [-0.4, -0.2) is 19.2 Å². The maximum absolute atomic E-state index is 12.3. The minimum atomic E-state index is -0.563. The van der Waals surface area contributed by atoms with Crippen molar-refractivity contribution in [3.05, 3.63) is 46.9 Å². The highest BCUT2D eigenvalue weighted by molar-refractivity contribution is 9.10. The first kappa shape index (κ1) is 14.4. The van der Waals surface area contributed by atoms with Crippen LogP contribution in [0.15, 0.2) is 46.9 Å². The van der Waals surface area contributed by atoms with Crippen LogP contribution in [0.2, 0.25) is 0 Å². The molecule has 0 aromatic heterocycles. The number of anilines is 2. The lowest BCUT2D eigenvalue weighted by molar-refractivity contribution is -0.106. The van der Waals surface area contributed by atoms with Crippen molar-refractivity contribution in [1.82, 2.24) is 0 Å². The SMILES string of the molecule is O=CN(C(=O)Nc1cccc(Br)c1)c1ccc2c(c1)OCO2. The average Bonchev–Trinajstić information content (AvgIpc) is 2.95. The van der Waals surface area contributed by atoms with Crippen LogP contribution >= 0.6 is 15.9 Å². The molecule has 0 aliphatic carbocycles. The normalized spacial score (nSPS) is 11.9. The molecule has 6 nitrogen and oxygen atoms in total. The fourth-order valence-electron chi connectivity index (χ4n) is 2.01. The molecule has 1 aliphatic heterocycles. The molecule has 0 spiro atoms. The number of hydrogen-bond acceptors (Lipinski definition) is 4. The molecule has 7 heteroatoms. The van der Waals surface area contributed by atoms with Gasteiger partial charge in [-0.25, -0.2) is 9.69 Å². The number of fused-ring (bicyclic) bond motifs is 1. The largest absolute Gasteiger partial charge is 0.454 e. The van der Waals surface area contributed by atoms with E-state index in [1.165, 1.54) is 0 Å². The zero-order chi connectivity index (χ0) is 15.5. The van der Waals surface area contributed by atoms with Crippen molar-refractivity contribution in [2.24, 2.45) is 0 Å². The molecule has 0 atom stereocenters. The van der Waals surface area contributed by atoms with Gasteiger partial charge in [0, 0.05) is 16.2 Å². The number of carbonyl (C=O) groups is 2. The molecular formula is C15H11BrN2O4. The molecule has 1 aliphatic rings. The van der Waals surface area contributed by atoms with Gasteiger partial charge in [-0.15, -0.1) is 0 Å². The molecule has 1 N–H and O–H groups in total. The summed E-state index contributed by atoms with van der Waals surface area (Å²) in [5.41, 5.74) is 0.971. The summed E-state index contributed by atoms with van der Waals surface area (Å²) in [7, 11) is 0. The van der Waals surface area contributed by atoms with Gasteiger partial charge in [0.15, 0.2) is 11.5 Å². The van der Waals surface area contributed by atoms with E-state index in [-0.39, 0.29) is 6.79 Å². The first-order chi connectivity index (χ1) is 10.7. The van der Waals surface area contributed by atoms with Gasteiger partial charge in [-0.05, 0) is 30.3 Å². The lowest BCUT2D eigenvalue weighted by atomic mass is 10.2. The molecule has 22 heavy (non-hydrogen) atoms. The molecule has 0 saturated carbocycles. The van der Waals surface area contributed by atoms with Crippen LogP contribution in [0.1, 0.15) is 0 Å². The first-order valence-corrected chi connectivity index (χ1v) is 7.17. The standard InChI is InChI=1S/C15H11BrN2O4/c16-10-2-1-3-11(6-10)17-15(20)18(8-19)12-4-5-13-14(7-12)22-9-21-13/h1-8H,9H2,(H,17,20). The fourth-order valence-corrected chi connectivity index (χ4v) is 2.41. The molecule has 2 aromatic rings. The zero-order valence-electron chi connectivity index (χ0n) is 11.3. The second-order valence-electron chi connectivity index (χ2n) is 4.45. The molecule has 0 fully saturated rings. The zero-order valence-corrected chi connectivity index (χ0v) is 12.9. The molecule has 3 rings (SSSR count). The minimum Gasteiger partial charge on any atom is -0.454 e. The Bertz CT molecular complexity index is 735. The van der Waals surface area contributed by atoms with Crippen LogP contribution in [-0.2, 0) is 4.79 Å². The van der Waals surface area contributed by atoms with Gasteiger partial charge in [-0.1, -0.05) is 22.0 Å². The Balaban J connectivity index is 1.81.